The van der Waals surface area contributed by atoms with Crippen molar-refractivity contribution in [2.75, 3.05) is 24.9 Å². The Morgan fingerprint density at radius 3 is 1.45 bits per heavy atom. The van der Waals surface area contributed by atoms with E-state index in [0.29, 0.717) is 39.7 Å². The van der Waals surface area contributed by atoms with E-state index < -0.39 is 7.12 Å². The van der Waals surface area contributed by atoms with Gasteiger partial charge in [-0.05, 0) is 95.8 Å². The molecule has 336 valence electrons. The largest absolute Gasteiger partial charge is 0.491 e. The summed E-state index contributed by atoms with van der Waals surface area (Å²) in [6.45, 7) is 4.76. The van der Waals surface area contributed by atoms with Gasteiger partial charge in [-0.2, -0.15) is 10.5 Å². The average molecular weight is 1080 g/mol. The van der Waals surface area contributed by atoms with Gasteiger partial charge in [-0.1, -0.05) is 86.6 Å². The molecule has 0 amide bonds. The van der Waals surface area contributed by atoms with Crippen molar-refractivity contribution >= 4 is 137 Å². The smallest absolute Gasteiger partial charge is 0.488 e. The van der Waals surface area contributed by atoms with E-state index in [1.807, 2.05) is 62.4 Å². The molecule has 6 aromatic rings. The highest BCUT2D eigenvalue weighted by Gasteiger charge is 2.23. The number of hydrogen-bond acceptors (Lipinski definition) is 12. The molecule has 4 aromatic carbocycles. The van der Waals surface area contributed by atoms with Gasteiger partial charge >= 0.3 is 7.12 Å². The summed E-state index contributed by atoms with van der Waals surface area (Å²) in [6.07, 6.45) is 2.85. The second kappa shape index (κ2) is 31.3. The number of benzene rings is 4. The number of aryl methyl sites for hydroxylation is 2. The maximum absolute atomic E-state index is 8.87. The molecule has 0 fully saturated rings. The van der Waals surface area contributed by atoms with Crippen LogP contribution in [0, 0.1) is 36.5 Å². The highest BCUT2D eigenvalue weighted by molar-refractivity contribution is 9.18. The molecule has 4 N–H and O–H groups in total. The van der Waals surface area contributed by atoms with Crippen molar-refractivity contribution in [3.8, 4) is 34.9 Å². The van der Waals surface area contributed by atoms with Crippen LogP contribution in [-0.2, 0) is 0 Å². The summed E-state index contributed by atoms with van der Waals surface area (Å²) in [5, 5.41) is 41.4. The van der Waals surface area contributed by atoms with Crippen LogP contribution in [0.5, 0.6) is 11.5 Å². The fraction of sp³-hybridized carbons (Fsp3) is 0.128. The Bertz CT molecular complexity index is 2400. The van der Waals surface area contributed by atoms with E-state index in [0.717, 1.165) is 36.2 Å². The molecule has 0 saturated heterocycles. The van der Waals surface area contributed by atoms with Crippen molar-refractivity contribution in [1.29, 1.82) is 10.5 Å². The quantitative estimate of drug-likeness (QED) is 0.0518. The standard InChI is InChI=1S/C19H16N4O.C12H9ClN4O.C7H9BO2.CH4.H13P11/c1-13-3-7-15(8-4-13)17-18(24-2)19(22-12-21-17)23-16-9-5-14(11-20)6-10-16;1-18-10-11(13)15-7-16-12(10)17-9-4-2-8(6-14)3-5-9;1-6-2-4-7(5-3-6)8(9)10;;1-7-10(6)11(8(2)3)9(4)5/h3-10,12H,1-2H3,(H,21,22,23);2-5,7H,1H3,(H,15,16,17);2-5,9-10H,1H3;1H4;7H,1-6H2. The van der Waals surface area contributed by atoms with Crippen LogP contribution in [0.15, 0.2) is 110 Å². The predicted molar refractivity (Wildman–Crippen MR) is 303 cm³/mol. The van der Waals surface area contributed by atoms with Gasteiger partial charge in [0.2, 0.25) is 0 Å². The van der Waals surface area contributed by atoms with E-state index in [1.165, 1.54) is 25.3 Å². The fourth-order valence-corrected chi connectivity index (χ4v) is 100. The number of ether oxygens (including phenoxy) is 2. The van der Waals surface area contributed by atoms with E-state index in [2.05, 4.69) is 96.3 Å². The first-order valence-corrected chi connectivity index (χ1v) is 37.6. The SMILES string of the molecule is C.COc1c(Cl)ncnc1Nc1ccc(C#N)cc1.COc1c(Nc2ccc(C#N)cc2)ncnc1-c1ccc(C)cc1.Cc1ccc(B(O)O)cc1.PPP(P)P(P(P)P)P(P)P. The summed E-state index contributed by atoms with van der Waals surface area (Å²) in [5.74, 6) is 2.00. The van der Waals surface area contributed by atoms with Crippen LogP contribution < -0.4 is 25.6 Å². The van der Waals surface area contributed by atoms with Crippen molar-refractivity contribution in [3.63, 3.8) is 0 Å². The first kappa shape index (κ1) is 58.4. The third kappa shape index (κ3) is 19.4. The zero-order chi connectivity index (χ0) is 46.5. The zero-order valence-electron chi connectivity index (χ0n) is 34.5. The number of rotatable bonds is 12. The molecule has 0 aliphatic heterocycles. The van der Waals surface area contributed by atoms with E-state index in [-0.39, 0.29) is 40.5 Å². The summed E-state index contributed by atoms with van der Waals surface area (Å²) in [4.78, 5) is 16.5. The minimum absolute atomic E-state index is 0. The molecule has 0 radical (unpaired) electrons. The molecular weight excluding hydrogens is 1030 g/mol. The van der Waals surface area contributed by atoms with E-state index in [9.17, 15) is 0 Å². The van der Waals surface area contributed by atoms with Crippen LogP contribution in [-0.4, -0.2) is 51.3 Å². The zero-order valence-corrected chi connectivity index (χ0v) is 46.8. The summed E-state index contributed by atoms with van der Waals surface area (Å²) in [5.41, 5.74) is 7.32. The first-order chi connectivity index (χ1) is 30.1. The molecule has 0 saturated carbocycles. The normalized spacial score (nSPS) is 10.7. The summed E-state index contributed by atoms with van der Waals surface area (Å²) in [6, 6.07) is 33.4. The molecule has 2 heterocycles. The van der Waals surface area contributed by atoms with Crippen molar-refractivity contribution < 1.29 is 19.5 Å². The van der Waals surface area contributed by atoms with Gasteiger partial charge < -0.3 is 30.2 Å². The van der Waals surface area contributed by atoms with Crippen LogP contribution >= 0.6 is 101 Å². The summed E-state index contributed by atoms with van der Waals surface area (Å²) >= 11 is 5.88. The summed E-state index contributed by atoms with van der Waals surface area (Å²) < 4.78 is 10.7. The number of aromatic nitrogens is 4. The molecule has 8 unspecified atom stereocenters. The van der Waals surface area contributed by atoms with Gasteiger partial charge in [0.15, 0.2) is 28.3 Å². The van der Waals surface area contributed by atoms with Crippen LogP contribution in [0.2, 0.25) is 5.15 Å². The van der Waals surface area contributed by atoms with Gasteiger partial charge in [-0.25, -0.2) is 19.9 Å². The van der Waals surface area contributed by atoms with Crippen molar-refractivity contribution in [3.05, 3.63) is 137 Å². The number of halogens is 1. The van der Waals surface area contributed by atoms with Gasteiger partial charge in [-0.15, -0.1) is 53.6 Å². The fourth-order valence-electron chi connectivity index (χ4n) is 4.86. The minimum atomic E-state index is -1.35. The summed E-state index contributed by atoms with van der Waals surface area (Å²) in [7, 11) is 20.7. The average Bonchev–Trinajstić information content (AvgIpc) is 3.28. The minimum Gasteiger partial charge on any atom is -0.491 e. The molecule has 0 aliphatic carbocycles. The number of nitriles is 2. The van der Waals surface area contributed by atoms with Crippen LogP contribution in [0.3, 0.4) is 0 Å². The van der Waals surface area contributed by atoms with Gasteiger partial charge in [0.25, 0.3) is 0 Å². The van der Waals surface area contributed by atoms with Gasteiger partial charge in [0, 0.05) is 16.9 Å². The number of nitrogens with one attached hydrogen (secondary N) is 2. The molecule has 6 rings (SSSR count). The molecule has 12 nitrogen and oxygen atoms in total. The van der Waals surface area contributed by atoms with Crippen molar-refractivity contribution in [1.82, 2.24) is 19.9 Å². The second-order valence-corrected chi connectivity index (χ2v) is 51.8. The lowest BCUT2D eigenvalue weighted by Crippen LogP contribution is -2.29. The monoisotopic (exact) mass is 1080 g/mol. The maximum atomic E-state index is 8.87. The van der Waals surface area contributed by atoms with Crippen molar-refractivity contribution in [2.24, 2.45) is 0 Å². The second-order valence-electron chi connectivity index (χ2n) is 12.4. The van der Waals surface area contributed by atoms with Gasteiger partial charge in [0.1, 0.15) is 18.3 Å². The van der Waals surface area contributed by atoms with E-state index in [4.69, 9.17) is 41.6 Å². The Labute approximate surface area is 402 Å². The Balaban J connectivity index is 0.000000311. The first-order valence-electron chi connectivity index (χ1n) is 18.0. The van der Waals surface area contributed by atoms with E-state index in [1.54, 1.807) is 55.6 Å². The maximum Gasteiger partial charge on any atom is 0.488 e. The Morgan fingerprint density at radius 2 is 1.08 bits per heavy atom. The highest BCUT2D eigenvalue weighted by atomic mass is 35.5. The molecular formula is C39H51BClN8O4P11. The number of methoxy groups -OCH3 is 2. The Kier molecular flexibility index (Phi) is 28.5. The molecule has 2 aromatic heterocycles. The lowest BCUT2D eigenvalue weighted by Gasteiger charge is -2.29. The Morgan fingerprint density at radius 1 is 0.656 bits per heavy atom. The van der Waals surface area contributed by atoms with E-state index >= 15 is 0 Å². The Hall–Kier alpha value is -1.78. The molecule has 0 spiro atoms. The molecule has 25 heteroatoms. The van der Waals surface area contributed by atoms with Gasteiger partial charge in [-0.3, -0.25) is 0 Å². The van der Waals surface area contributed by atoms with Gasteiger partial charge in [0.05, 0.1) is 37.5 Å². The number of hydrogen-bond donors (Lipinski definition) is 4. The molecule has 64 heavy (non-hydrogen) atoms. The third-order valence-electron chi connectivity index (χ3n) is 7.96. The molecule has 8 atom stereocenters. The predicted octanol–water partition coefficient (Wildman–Crippen LogP) is 13.1. The highest BCUT2D eigenvalue weighted by Crippen LogP contribution is 3.12. The number of nitrogens with zero attached hydrogens (tertiary/aromatic N) is 6. The topological polar surface area (TPSA) is 182 Å². The lowest BCUT2D eigenvalue weighted by molar-refractivity contribution is 0.413. The van der Waals surface area contributed by atoms with Crippen LogP contribution in [0.4, 0.5) is 23.0 Å². The van der Waals surface area contributed by atoms with Crippen LogP contribution in [0.1, 0.15) is 29.7 Å². The number of anilines is 4. The van der Waals surface area contributed by atoms with Crippen molar-refractivity contribution in [2.45, 2.75) is 21.3 Å². The third-order valence-corrected chi connectivity index (χ3v) is 67.3. The lowest BCUT2D eigenvalue weighted by atomic mass is 9.80. The molecule has 0 bridgehead atoms. The van der Waals surface area contributed by atoms with Crippen LogP contribution in [0.25, 0.3) is 11.3 Å². The molecule has 0 aliphatic rings.